The first kappa shape index (κ1) is 9.85. The molecule has 1 aromatic rings. The van der Waals surface area contributed by atoms with Gasteiger partial charge in [-0.05, 0) is 56.2 Å². The van der Waals surface area contributed by atoms with Crippen LogP contribution in [-0.4, -0.2) is 18.7 Å². The molecular formula is C16H19NO. The van der Waals surface area contributed by atoms with E-state index < -0.39 is 0 Å². The third kappa shape index (κ3) is 0.934. The molecule has 5 rings (SSSR count). The molecule has 18 heavy (non-hydrogen) atoms. The van der Waals surface area contributed by atoms with E-state index in [1.165, 1.54) is 44.4 Å². The molecule has 1 saturated carbocycles. The Balaban J connectivity index is 1.83. The SMILES string of the molecule is c1cc2c3c(c1)O[C@H]1CCCC4C(C2)NCC[C@@]341. The summed E-state index contributed by atoms with van der Waals surface area (Å²) in [6.07, 6.45) is 6.97. The molecule has 1 spiro atoms. The normalized spacial score (nSPS) is 43.2. The second kappa shape index (κ2) is 3.11. The number of ether oxygens (including phenoxy) is 1. The third-order valence-electron chi connectivity index (χ3n) is 5.94. The molecule has 2 aliphatic carbocycles. The van der Waals surface area contributed by atoms with E-state index in [2.05, 4.69) is 23.5 Å². The number of hydrogen-bond donors (Lipinski definition) is 1. The average Bonchev–Trinajstić information content (AvgIpc) is 2.70. The van der Waals surface area contributed by atoms with Gasteiger partial charge in [0.05, 0.1) is 0 Å². The topological polar surface area (TPSA) is 21.3 Å². The van der Waals surface area contributed by atoms with E-state index in [9.17, 15) is 0 Å². The summed E-state index contributed by atoms with van der Waals surface area (Å²) < 4.78 is 6.35. The molecule has 2 fully saturated rings. The summed E-state index contributed by atoms with van der Waals surface area (Å²) >= 11 is 0. The lowest BCUT2D eigenvalue weighted by atomic mass is 9.52. The fourth-order valence-electron chi connectivity index (χ4n) is 5.40. The molecule has 0 amide bonds. The Morgan fingerprint density at radius 3 is 3.28 bits per heavy atom. The van der Waals surface area contributed by atoms with Gasteiger partial charge in [0.1, 0.15) is 11.9 Å². The van der Waals surface area contributed by atoms with Crippen molar-refractivity contribution >= 4 is 0 Å². The van der Waals surface area contributed by atoms with Crippen LogP contribution >= 0.6 is 0 Å². The van der Waals surface area contributed by atoms with Crippen molar-refractivity contribution in [3.63, 3.8) is 0 Å². The molecular weight excluding hydrogens is 222 g/mol. The second-order valence-corrected chi connectivity index (χ2v) is 6.49. The summed E-state index contributed by atoms with van der Waals surface area (Å²) in [5.74, 6) is 2.03. The highest BCUT2D eigenvalue weighted by Crippen LogP contribution is 2.60. The summed E-state index contributed by atoms with van der Waals surface area (Å²) in [5.41, 5.74) is 3.54. The van der Waals surface area contributed by atoms with Gasteiger partial charge in [0.15, 0.2) is 0 Å². The number of benzene rings is 1. The van der Waals surface area contributed by atoms with Crippen molar-refractivity contribution in [1.82, 2.24) is 5.32 Å². The highest BCUT2D eigenvalue weighted by Gasteiger charge is 2.61. The van der Waals surface area contributed by atoms with E-state index in [1.54, 1.807) is 11.1 Å². The Hall–Kier alpha value is -1.02. The highest BCUT2D eigenvalue weighted by molar-refractivity contribution is 5.54. The number of nitrogens with one attached hydrogen (secondary N) is 1. The molecule has 94 valence electrons. The standard InChI is InChI=1S/C16H19NO/c1-3-10-9-12-11-4-2-6-14-16(11,7-8-17-12)15(10)13(5-1)18-14/h1,3,5,11-12,14,17H,2,4,6-9H2/t11?,12?,14-,16+/m0/s1. The van der Waals surface area contributed by atoms with Gasteiger partial charge < -0.3 is 10.1 Å². The molecule has 1 aromatic carbocycles. The van der Waals surface area contributed by atoms with E-state index in [-0.39, 0.29) is 0 Å². The first-order chi connectivity index (χ1) is 8.89. The molecule has 2 bridgehead atoms. The summed E-state index contributed by atoms with van der Waals surface area (Å²) in [5, 5.41) is 3.77. The van der Waals surface area contributed by atoms with Gasteiger partial charge in [-0.2, -0.15) is 0 Å². The van der Waals surface area contributed by atoms with Gasteiger partial charge in [0, 0.05) is 17.0 Å². The van der Waals surface area contributed by atoms with Crippen molar-refractivity contribution in [3.05, 3.63) is 29.3 Å². The van der Waals surface area contributed by atoms with Crippen molar-refractivity contribution < 1.29 is 4.74 Å². The van der Waals surface area contributed by atoms with E-state index >= 15 is 0 Å². The Morgan fingerprint density at radius 1 is 1.28 bits per heavy atom. The van der Waals surface area contributed by atoms with Crippen LogP contribution in [0, 0.1) is 5.92 Å². The maximum Gasteiger partial charge on any atom is 0.123 e. The molecule has 4 aliphatic rings. The van der Waals surface area contributed by atoms with Gasteiger partial charge in [0.25, 0.3) is 0 Å². The Kier molecular flexibility index (Phi) is 1.70. The van der Waals surface area contributed by atoms with Gasteiger partial charge in [-0.25, -0.2) is 0 Å². The number of rotatable bonds is 0. The molecule has 1 N–H and O–H groups in total. The first-order valence-electron chi connectivity index (χ1n) is 7.42. The minimum absolute atomic E-state index is 0.373. The van der Waals surface area contributed by atoms with Crippen molar-refractivity contribution in [2.75, 3.05) is 6.54 Å². The van der Waals surface area contributed by atoms with E-state index in [4.69, 9.17) is 4.74 Å². The maximum absolute atomic E-state index is 6.35. The zero-order valence-electron chi connectivity index (χ0n) is 10.6. The number of piperidine rings is 1. The lowest BCUT2D eigenvalue weighted by Crippen LogP contribution is -2.63. The van der Waals surface area contributed by atoms with Crippen molar-refractivity contribution in [1.29, 1.82) is 0 Å². The largest absolute Gasteiger partial charge is 0.489 e. The molecule has 2 nitrogen and oxygen atoms in total. The van der Waals surface area contributed by atoms with Crippen LogP contribution in [0.3, 0.4) is 0 Å². The van der Waals surface area contributed by atoms with Gasteiger partial charge in [-0.3, -0.25) is 0 Å². The third-order valence-corrected chi connectivity index (χ3v) is 5.94. The molecule has 0 radical (unpaired) electrons. The molecule has 0 aromatic heterocycles. The molecule has 2 aliphatic heterocycles. The van der Waals surface area contributed by atoms with Gasteiger partial charge in [0.2, 0.25) is 0 Å². The Morgan fingerprint density at radius 2 is 2.28 bits per heavy atom. The van der Waals surface area contributed by atoms with Crippen LogP contribution in [0.5, 0.6) is 5.75 Å². The lowest BCUT2D eigenvalue weighted by Gasteiger charge is -2.55. The van der Waals surface area contributed by atoms with Gasteiger partial charge in [-0.15, -0.1) is 0 Å². The second-order valence-electron chi connectivity index (χ2n) is 6.49. The fourth-order valence-corrected chi connectivity index (χ4v) is 5.40. The molecule has 2 unspecified atom stereocenters. The first-order valence-corrected chi connectivity index (χ1v) is 7.42. The van der Waals surface area contributed by atoms with Crippen molar-refractivity contribution in [3.8, 4) is 5.75 Å². The van der Waals surface area contributed by atoms with E-state index in [0.717, 1.165) is 5.92 Å². The predicted octanol–water partition coefficient (Wildman–Crippen LogP) is 2.40. The Labute approximate surface area is 108 Å². The minimum Gasteiger partial charge on any atom is -0.489 e. The summed E-state index contributed by atoms with van der Waals surface area (Å²) in [6, 6.07) is 7.41. The van der Waals surface area contributed by atoms with Crippen molar-refractivity contribution in [2.45, 2.75) is 49.7 Å². The molecule has 4 atom stereocenters. The molecule has 1 saturated heterocycles. The van der Waals surface area contributed by atoms with Crippen LogP contribution in [-0.2, 0) is 11.8 Å². The summed E-state index contributed by atoms with van der Waals surface area (Å²) in [4.78, 5) is 0. The highest BCUT2D eigenvalue weighted by atomic mass is 16.5. The Bertz CT molecular complexity index is 526. The molecule has 2 heterocycles. The average molecular weight is 241 g/mol. The quantitative estimate of drug-likeness (QED) is 0.753. The van der Waals surface area contributed by atoms with E-state index in [0.29, 0.717) is 17.6 Å². The van der Waals surface area contributed by atoms with E-state index in [1.807, 2.05) is 0 Å². The monoisotopic (exact) mass is 241 g/mol. The molecule has 2 heteroatoms. The van der Waals surface area contributed by atoms with Gasteiger partial charge >= 0.3 is 0 Å². The predicted molar refractivity (Wildman–Crippen MR) is 70.0 cm³/mol. The summed E-state index contributed by atoms with van der Waals surface area (Å²) in [6.45, 7) is 1.18. The minimum atomic E-state index is 0.373. The van der Waals surface area contributed by atoms with Gasteiger partial charge in [-0.1, -0.05) is 12.1 Å². The smallest absolute Gasteiger partial charge is 0.123 e. The van der Waals surface area contributed by atoms with Crippen LogP contribution in [0.15, 0.2) is 18.2 Å². The van der Waals surface area contributed by atoms with Crippen LogP contribution in [0.25, 0.3) is 0 Å². The zero-order valence-corrected chi connectivity index (χ0v) is 10.6. The lowest BCUT2D eigenvalue weighted by molar-refractivity contribution is 0.00338. The zero-order chi connectivity index (χ0) is 11.7. The van der Waals surface area contributed by atoms with Crippen LogP contribution < -0.4 is 10.1 Å². The van der Waals surface area contributed by atoms with Crippen molar-refractivity contribution in [2.24, 2.45) is 5.92 Å². The van der Waals surface area contributed by atoms with Crippen LogP contribution in [0.4, 0.5) is 0 Å². The maximum atomic E-state index is 6.35. The summed E-state index contributed by atoms with van der Waals surface area (Å²) in [7, 11) is 0. The number of hydrogen-bond acceptors (Lipinski definition) is 2. The van der Waals surface area contributed by atoms with Crippen LogP contribution in [0.1, 0.15) is 36.8 Å². The fraction of sp³-hybridized carbons (Fsp3) is 0.625. The van der Waals surface area contributed by atoms with Crippen LogP contribution in [0.2, 0.25) is 0 Å².